The van der Waals surface area contributed by atoms with Crippen molar-refractivity contribution < 1.29 is 9.53 Å². The first-order valence-corrected chi connectivity index (χ1v) is 8.69. The molecule has 1 aliphatic heterocycles. The Hall–Kier alpha value is -1.06. The summed E-state index contributed by atoms with van der Waals surface area (Å²) in [7, 11) is 0. The van der Waals surface area contributed by atoms with Crippen molar-refractivity contribution in [3.8, 4) is 0 Å². The SMILES string of the molecule is O=C(NC1CCOC1)C1(Cc2cccc(Cl)c2)CCCCC1. The van der Waals surface area contributed by atoms with E-state index >= 15 is 0 Å². The number of carbonyl (C=O) groups is 1. The highest BCUT2D eigenvalue weighted by atomic mass is 35.5. The van der Waals surface area contributed by atoms with Crippen LogP contribution in [-0.4, -0.2) is 25.2 Å². The van der Waals surface area contributed by atoms with Gasteiger partial charge in [-0.2, -0.15) is 0 Å². The number of halogens is 1. The average Bonchev–Trinajstić information content (AvgIpc) is 3.01. The zero-order valence-corrected chi connectivity index (χ0v) is 13.7. The number of amides is 1. The fourth-order valence-electron chi connectivity index (χ4n) is 3.74. The molecule has 1 amide bonds. The monoisotopic (exact) mass is 321 g/mol. The molecule has 3 nitrogen and oxygen atoms in total. The van der Waals surface area contributed by atoms with Gasteiger partial charge in [-0.1, -0.05) is 43.0 Å². The molecule has 22 heavy (non-hydrogen) atoms. The van der Waals surface area contributed by atoms with Gasteiger partial charge in [0.2, 0.25) is 5.91 Å². The average molecular weight is 322 g/mol. The molecule has 2 aliphatic rings. The highest BCUT2D eigenvalue weighted by Gasteiger charge is 2.40. The fraction of sp³-hybridized carbons (Fsp3) is 0.611. The Bertz CT molecular complexity index is 520. The third-order valence-electron chi connectivity index (χ3n) is 4.99. The molecule has 4 heteroatoms. The van der Waals surface area contributed by atoms with Crippen molar-refractivity contribution >= 4 is 17.5 Å². The van der Waals surface area contributed by atoms with Crippen LogP contribution in [0.5, 0.6) is 0 Å². The molecule has 3 rings (SSSR count). The second-order valence-corrected chi connectivity index (χ2v) is 7.12. The highest BCUT2D eigenvalue weighted by Crippen LogP contribution is 2.40. The van der Waals surface area contributed by atoms with E-state index < -0.39 is 0 Å². The Balaban J connectivity index is 1.76. The molecule has 1 saturated heterocycles. The van der Waals surface area contributed by atoms with Crippen LogP contribution in [0.15, 0.2) is 24.3 Å². The second kappa shape index (κ2) is 7.01. The van der Waals surface area contributed by atoms with Crippen molar-refractivity contribution in [2.75, 3.05) is 13.2 Å². The van der Waals surface area contributed by atoms with Gasteiger partial charge in [0.15, 0.2) is 0 Å². The van der Waals surface area contributed by atoms with Gasteiger partial charge >= 0.3 is 0 Å². The molecule has 1 heterocycles. The van der Waals surface area contributed by atoms with Crippen LogP contribution in [0.25, 0.3) is 0 Å². The van der Waals surface area contributed by atoms with Gasteiger partial charge in [0, 0.05) is 11.6 Å². The molecule has 1 saturated carbocycles. The third kappa shape index (κ3) is 3.64. The number of rotatable bonds is 4. The predicted molar refractivity (Wildman–Crippen MR) is 88.0 cm³/mol. The van der Waals surface area contributed by atoms with Crippen LogP contribution in [0.4, 0.5) is 0 Å². The largest absolute Gasteiger partial charge is 0.379 e. The van der Waals surface area contributed by atoms with Crippen molar-refractivity contribution in [3.63, 3.8) is 0 Å². The van der Waals surface area contributed by atoms with Crippen molar-refractivity contribution in [1.29, 1.82) is 0 Å². The van der Waals surface area contributed by atoms with Gasteiger partial charge in [-0.15, -0.1) is 0 Å². The number of hydrogen-bond donors (Lipinski definition) is 1. The molecular formula is C18H24ClNO2. The first-order chi connectivity index (χ1) is 10.7. The maximum Gasteiger partial charge on any atom is 0.226 e. The second-order valence-electron chi connectivity index (χ2n) is 6.68. The summed E-state index contributed by atoms with van der Waals surface area (Å²) in [4.78, 5) is 13.0. The first-order valence-electron chi connectivity index (χ1n) is 8.31. The van der Waals surface area contributed by atoms with Crippen LogP contribution in [0.3, 0.4) is 0 Å². The van der Waals surface area contributed by atoms with Crippen molar-refractivity contribution in [3.05, 3.63) is 34.9 Å². The van der Waals surface area contributed by atoms with E-state index in [-0.39, 0.29) is 17.4 Å². The van der Waals surface area contributed by atoms with E-state index in [1.54, 1.807) is 0 Å². The summed E-state index contributed by atoms with van der Waals surface area (Å²) in [6.45, 7) is 1.41. The summed E-state index contributed by atoms with van der Waals surface area (Å²) in [5.74, 6) is 0.211. The first kappa shape index (κ1) is 15.8. The predicted octanol–water partition coefficient (Wildman–Crippen LogP) is 3.74. The van der Waals surface area contributed by atoms with Gasteiger partial charge in [-0.25, -0.2) is 0 Å². The third-order valence-corrected chi connectivity index (χ3v) is 5.22. The molecule has 2 fully saturated rings. The minimum Gasteiger partial charge on any atom is -0.379 e. The van der Waals surface area contributed by atoms with Crippen LogP contribution in [-0.2, 0) is 16.0 Å². The molecule has 1 N–H and O–H groups in total. The topological polar surface area (TPSA) is 38.3 Å². The summed E-state index contributed by atoms with van der Waals surface area (Å²) in [6.07, 6.45) is 7.16. The molecule has 1 aromatic carbocycles. The lowest BCUT2D eigenvalue weighted by Gasteiger charge is -2.37. The Morgan fingerprint density at radius 3 is 2.82 bits per heavy atom. The molecule has 1 aromatic rings. The number of hydrogen-bond acceptors (Lipinski definition) is 2. The van der Waals surface area contributed by atoms with E-state index in [1.165, 1.54) is 6.42 Å². The quantitative estimate of drug-likeness (QED) is 0.917. The molecule has 1 unspecified atom stereocenters. The molecule has 120 valence electrons. The summed E-state index contributed by atoms with van der Waals surface area (Å²) < 4.78 is 5.38. The van der Waals surface area contributed by atoms with Crippen LogP contribution in [0, 0.1) is 5.41 Å². The zero-order chi connectivity index (χ0) is 15.4. The molecule has 1 atom stereocenters. The van der Waals surface area contributed by atoms with Gasteiger partial charge in [0.25, 0.3) is 0 Å². The Morgan fingerprint density at radius 1 is 1.32 bits per heavy atom. The van der Waals surface area contributed by atoms with E-state index in [1.807, 2.05) is 18.2 Å². The number of nitrogens with one attached hydrogen (secondary N) is 1. The van der Waals surface area contributed by atoms with Crippen LogP contribution < -0.4 is 5.32 Å². The lowest BCUT2D eigenvalue weighted by molar-refractivity contribution is -0.133. The molecule has 0 aromatic heterocycles. The standard InChI is InChI=1S/C18H24ClNO2/c19-15-6-4-5-14(11-15)12-18(8-2-1-3-9-18)17(21)20-16-7-10-22-13-16/h4-6,11,16H,1-3,7-10,12-13H2,(H,20,21). The van der Waals surface area contributed by atoms with Crippen LogP contribution in [0.2, 0.25) is 5.02 Å². The summed E-state index contributed by atoms with van der Waals surface area (Å²) in [5.41, 5.74) is 0.887. The Labute approximate surface area is 137 Å². The van der Waals surface area contributed by atoms with Crippen LogP contribution in [0.1, 0.15) is 44.1 Å². The lowest BCUT2D eigenvalue weighted by atomic mass is 9.69. The van der Waals surface area contributed by atoms with E-state index in [9.17, 15) is 4.79 Å². The fourth-order valence-corrected chi connectivity index (χ4v) is 3.95. The van der Waals surface area contributed by atoms with Crippen molar-refractivity contribution in [1.82, 2.24) is 5.32 Å². The van der Waals surface area contributed by atoms with E-state index in [0.29, 0.717) is 6.61 Å². The summed E-state index contributed by atoms with van der Waals surface area (Å²) in [6, 6.07) is 8.11. The maximum atomic E-state index is 13.0. The summed E-state index contributed by atoms with van der Waals surface area (Å²) >= 11 is 6.11. The van der Waals surface area contributed by atoms with E-state index in [2.05, 4.69) is 11.4 Å². The Morgan fingerprint density at radius 2 is 2.14 bits per heavy atom. The lowest BCUT2D eigenvalue weighted by Crippen LogP contribution is -2.48. The van der Waals surface area contributed by atoms with Crippen molar-refractivity contribution in [2.24, 2.45) is 5.41 Å². The number of benzene rings is 1. The maximum absolute atomic E-state index is 13.0. The molecule has 0 bridgehead atoms. The van der Waals surface area contributed by atoms with Crippen LogP contribution >= 0.6 is 11.6 Å². The van der Waals surface area contributed by atoms with Gasteiger partial charge in [-0.05, 0) is 43.4 Å². The molecular weight excluding hydrogens is 298 g/mol. The smallest absolute Gasteiger partial charge is 0.226 e. The van der Waals surface area contributed by atoms with E-state index in [4.69, 9.17) is 16.3 Å². The normalized spacial score (nSPS) is 24.1. The summed E-state index contributed by atoms with van der Waals surface area (Å²) in [5, 5.41) is 3.97. The minimum atomic E-state index is -0.272. The zero-order valence-electron chi connectivity index (χ0n) is 12.9. The van der Waals surface area contributed by atoms with Gasteiger partial charge in [-0.3, -0.25) is 4.79 Å². The number of carbonyl (C=O) groups excluding carboxylic acids is 1. The van der Waals surface area contributed by atoms with Gasteiger partial charge in [0.1, 0.15) is 0 Å². The van der Waals surface area contributed by atoms with E-state index in [0.717, 1.165) is 55.7 Å². The van der Waals surface area contributed by atoms with Gasteiger partial charge < -0.3 is 10.1 Å². The number of ether oxygens (including phenoxy) is 1. The molecule has 0 radical (unpaired) electrons. The van der Waals surface area contributed by atoms with Crippen molar-refractivity contribution in [2.45, 2.75) is 51.0 Å². The Kier molecular flexibility index (Phi) is 5.04. The minimum absolute atomic E-state index is 0.186. The van der Waals surface area contributed by atoms with Gasteiger partial charge in [0.05, 0.1) is 18.1 Å². The molecule has 0 spiro atoms. The molecule has 1 aliphatic carbocycles. The highest BCUT2D eigenvalue weighted by molar-refractivity contribution is 6.30.